The molecule has 0 bridgehead atoms. The predicted molar refractivity (Wildman–Crippen MR) is 117 cm³/mol. The van der Waals surface area contributed by atoms with E-state index in [0.717, 1.165) is 0 Å². The minimum Gasteiger partial charge on any atom is -0.452 e. The summed E-state index contributed by atoms with van der Waals surface area (Å²) < 4.78 is 5.08. The number of esters is 1. The first-order valence-corrected chi connectivity index (χ1v) is 9.62. The average molecular weight is 426 g/mol. The third-order valence-electron chi connectivity index (χ3n) is 3.97. The van der Waals surface area contributed by atoms with Gasteiger partial charge in [0.25, 0.3) is 11.8 Å². The number of carbonyl (C=O) groups excluding carboxylic acids is 4. The van der Waals surface area contributed by atoms with Crippen LogP contribution in [-0.2, 0) is 9.53 Å². The molecule has 0 aliphatic heterocycles. The van der Waals surface area contributed by atoms with Crippen molar-refractivity contribution in [1.29, 1.82) is 0 Å². The predicted octanol–water partition coefficient (Wildman–Crippen LogP) is 2.71. The van der Waals surface area contributed by atoms with Crippen LogP contribution in [0.25, 0.3) is 0 Å². The average Bonchev–Trinajstić information content (AvgIpc) is 2.71. The summed E-state index contributed by atoms with van der Waals surface area (Å²) >= 11 is 0. The van der Waals surface area contributed by atoms with Crippen LogP contribution in [0.2, 0.25) is 0 Å². The maximum Gasteiger partial charge on any atom is 0.340 e. The van der Waals surface area contributed by atoms with Crippen LogP contribution in [0.1, 0.15) is 34.6 Å². The number of nitrogens with one attached hydrogen (secondary N) is 3. The second kappa shape index (κ2) is 10.8. The first kappa shape index (κ1) is 23.4. The van der Waals surface area contributed by atoms with Crippen LogP contribution in [-0.4, -0.2) is 55.5 Å². The molecule has 164 valence electrons. The van der Waals surface area contributed by atoms with Crippen molar-refractivity contribution in [2.75, 3.05) is 31.3 Å². The van der Waals surface area contributed by atoms with Gasteiger partial charge in [-0.05, 0) is 50.2 Å². The fourth-order valence-corrected chi connectivity index (χ4v) is 2.55. The van der Waals surface area contributed by atoms with E-state index in [9.17, 15) is 19.2 Å². The first-order chi connectivity index (χ1) is 14.7. The van der Waals surface area contributed by atoms with Gasteiger partial charge in [-0.25, -0.2) is 9.59 Å². The summed E-state index contributed by atoms with van der Waals surface area (Å²) in [5.74, 6) is -1.44. The number of hydrogen-bond donors (Lipinski definition) is 3. The van der Waals surface area contributed by atoms with E-state index >= 15 is 0 Å². The Balaban J connectivity index is 1.93. The Morgan fingerprint density at radius 1 is 0.935 bits per heavy atom. The van der Waals surface area contributed by atoms with Crippen LogP contribution >= 0.6 is 0 Å². The van der Waals surface area contributed by atoms with Crippen molar-refractivity contribution in [3.63, 3.8) is 0 Å². The van der Waals surface area contributed by atoms with Gasteiger partial charge >= 0.3 is 12.0 Å². The minimum atomic E-state index is -0.748. The van der Waals surface area contributed by atoms with Crippen LogP contribution in [0.4, 0.5) is 16.2 Å². The Labute approximate surface area is 180 Å². The summed E-state index contributed by atoms with van der Waals surface area (Å²) in [5, 5.41) is 7.84. The topological polar surface area (TPSA) is 117 Å². The fourth-order valence-electron chi connectivity index (χ4n) is 2.55. The van der Waals surface area contributed by atoms with E-state index in [1.54, 1.807) is 56.6 Å². The zero-order valence-corrected chi connectivity index (χ0v) is 17.9. The van der Waals surface area contributed by atoms with Crippen molar-refractivity contribution in [3.8, 4) is 0 Å². The maximum atomic E-state index is 12.4. The molecule has 0 atom stereocenters. The number of hydrogen-bond acceptors (Lipinski definition) is 5. The number of benzene rings is 2. The van der Waals surface area contributed by atoms with E-state index in [1.165, 1.54) is 11.0 Å². The zero-order valence-electron chi connectivity index (χ0n) is 17.9. The van der Waals surface area contributed by atoms with Gasteiger partial charge in [-0.3, -0.25) is 9.59 Å². The van der Waals surface area contributed by atoms with Crippen LogP contribution in [0.3, 0.4) is 0 Å². The van der Waals surface area contributed by atoms with E-state index in [-0.39, 0.29) is 23.2 Å². The Morgan fingerprint density at radius 3 is 2.19 bits per heavy atom. The molecule has 0 aliphatic carbocycles. The van der Waals surface area contributed by atoms with Crippen molar-refractivity contribution >= 4 is 35.2 Å². The monoisotopic (exact) mass is 426 g/mol. The molecule has 9 nitrogen and oxygen atoms in total. The standard InChI is InChI=1S/C22H26N4O5/c1-14(2)23-22(30)25-18-8-6-5-7-17(18)21(29)31-13-19(27)24-16-11-9-15(10-12-16)20(28)26(3)4/h5-12,14H,13H2,1-4H3,(H,24,27)(H2,23,25,30). The smallest absolute Gasteiger partial charge is 0.340 e. The SMILES string of the molecule is CC(C)NC(=O)Nc1ccccc1C(=O)OCC(=O)Nc1ccc(C(=O)N(C)C)cc1. The molecule has 0 radical (unpaired) electrons. The van der Waals surface area contributed by atoms with Gasteiger partial charge in [0, 0.05) is 31.4 Å². The molecule has 2 aromatic carbocycles. The summed E-state index contributed by atoms with van der Waals surface area (Å²) in [7, 11) is 3.30. The lowest BCUT2D eigenvalue weighted by atomic mass is 10.2. The van der Waals surface area contributed by atoms with Gasteiger partial charge in [-0.1, -0.05) is 12.1 Å². The third kappa shape index (κ3) is 7.14. The Morgan fingerprint density at radius 2 is 1.58 bits per heavy atom. The highest BCUT2D eigenvalue weighted by molar-refractivity contribution is 6.02. The molecule has 0 aliphatic rings. The lowest BCUT2D eigenvalue weighted by Crippen LogP contribution is -2.34. The summed E-state index contributed by atoms with van der Waals surface area (Å²) in [5.41, 5.74) is 1.34. The second-order valence-electron chi connectivity index (χ2n) is 7.20. The number of rotatable bonds is 7. The molecule has 4 amide bonds. The second-order valence-corrected chi connectivity index (χ2v) is 7.20. The molecule has 0 saturated heterocycles. The van der Waals surface area contributed by atoms with Crippen LogP contribution < -0.4 is 16.0 Å². The number of anilines is 2. The number of urea groups is 1. The maximum absolute atomic E-state index is 12.4. The number of amides is 4. The molecule has 2 rings (SSSR count). The summed E-state index contributed by atoms with van der Waals surface area (Å²) in [6.07, 6.45) is 0. The molecular formula is C22H26N4O5. The lowest BCUT2D eigenvalue weighted by molar-refractivity contribution is -0.119. The molecule has 0 aromatic heterocycles. The van der Waals surface area contributed by atoms with Crippen molar-refractivity contribution in [2.45, 2.75) is 19.9 Å². The van der Waals surface area contributed by atoms with Crippen LogP contribution in [0.5, 0.6) is 0 Å². The first-order valence-electron chi connectivity index (χ1n) is 9.62. The fraction of sp³-hybridized carbons (Fsp3) is 0.273. The van der Waals surface area contributed by atoms with Gasteiger partial charge in [-0.15, -0.1) is 0 Å². The summed E-state index contributed by atoms with van der Waals surface area (Å²) in [6, 6.07) is 12.2. The molecule has 9 heteroatoms. The highest BCUT2D eigenvalue weighted by atomic mass is 16.5. The van der Waals surface area contributed by atoms with Crippen LogP contribution in [0, 0.1) is 0 Å². The molecular weight excluding hydrogens is 400 g/mol. The van der Waals surface area contributed by atoms with Gasteiger partial charge in [0.1, 0.15) is 0 Å². The summed E-state index contributed by atoms with van der Waals surface area (Å²) in [4.78, 5) is 49.8. The van der Waals surface area contributed by atoms with E-state index in [4.69, 9.17) is 4.74 Å². The molecule has 0 saturated carbocycles. The highest BCUT2D eigenvalue weighted by Crippen LogP contribution is 2.16. The van der Waals surface area contributed by atoms with Crippen molar-refractivity contribution < 1.29 is 23.9 Å². The summed E-state index contributed by atoms with van der Waals surface area (Å²) in [6.45, 7) is 3.11. The number of carbonyl (C=O) groups is 4. The van der Waals surface area contributed by atoms with Gasteiger partial charge < -0.3 is 25.6 Å². The van der Waals surface area contributed by atoms with E-state index in [0.29, 0.717) is 11.3 Å². The quantitative estimate of drug-likeness (QED) is 0.589. The van der Waals surface area contributed by atoms with Crippen molar-refractivity contribution in [3.05, 3.63) is 59.7 Å². The van der Waals surface area contributed by atoms with Crippen molar-refractivity contribution in [1.82, 2.24) is 10.2 Å². The molecule has 0 fully saturated rings. The third-order valence-corrected chi connectivity index (χ3v) is 3.97. The van der Waals surface area contributed by atoms with E-state index in [2.05, 4.69) is 16.0 Å². The number of nitrogens with zero attached hydrogens (tertiary/aromatic N) is 1. The van der Waals surface area contributed by atoms with Gasteiger partial charge in [-0.2, -0.15) is 0 Å². The Kier molecular flexibility index (Phi) is 8.13. The molecule has 3 N–H and O–H groups in total. The molecule has 0 heterocycles. The van der Waals surface area contributed by atoms with E-state index < -0.39 is 24.5 Å². The minimum absolute atomic E-state index is 0.0714. The van der Waals surface area contributed by atoms with Crippen LogP contribution in [0.15, 0.2) is 48.5 Å². The number of ether oxygens (including phenoxy) is 1. The van der Waals surface area contributed by atoms with E-state index in [1.807, 2.05) is 13.8 Å². The zero-order chi connectivity index (χ0) is 23.0. The number of para-hydroxylation sites is 1. The molecule has 31 heavy (non-hydrogen) atoms. The lowest BCUT2D eigenvalue weighted by Gasteiger charge is -2.13. The van der Waals surface area contributed by atoms with Gasteiger partial charge in [0.15, 0.2) is 6.61 Å². The van der Waals surface area contributed by atoms with Gasteiger partial charge in [0.2, 0.25) is 0 Å². The molecule has 0 spiro atoms. The van der Waals surface area contributed by atoms with Crippen molar-refractivity contribution in [2.24, 2.45) is 0 Å². The highest BCUT2D eigenvalue weighted by Gasteiger charge is 2.16. The van der Waals surface area contributed by atoms with Gasteiger partial charge in [0.05, 0.1) is 11.3 Å². The molecule has 2 aromatic rings. The Hall–Kier alpha value is -3.88. The normalized spacial score (nSPS) is 10.2. The molecule has 0 unspecified atom stereocenters. The Bertz CT molecular complexity index is 955. The largest absolute Gasteiger partial charge is 0.452 e.